The molecule has 8 heteroatoms. The van der Waals surface area contributed by atoms with Crippen LogP contribution in [0, 0.1) is 5.92 Å². The van der Waals surface area contributed by atoms with Gasteiger partial charge in [0.15, 0.2) is 9.84 Å². The van der Waals surface area contributed by atoms with Gasteiger partial charge in [0.2, 0.25) is 0 Å². The summed E-state index contributed by atoms with van der Waals surface area (Å²) in [5, 5.41) is 2.75. The standard InChI is InChI=1S/C11H21N3O4S/c1-7-3-14(4-8(7)12)11(15)13-9-5-19(16,17)6-10(9)18-2/h7-10H,3-6,12H2,1-2H3,(H,13,15). The van der Waals surface area contributed by atoms with E-state index in [1.807, 2.05) is 6.92 Å². The van der Waals surface area contributed by atoms with Crippen molar-refractivity contribution in [3.63, 3.8) is 0 Å². The first-order valence-corrected chi connectivity index (χ1v) is 8.19. The molecule has 0 bridgehead atoms. The number of carbonyl (C=O) groups is 1. The summed E-state index contributed by atoms with van der Waals surface area (Å²) in [6, 6.07) is -0.755. The predicted octanol–water partition coefficient (Wildman–Crippen LogP) is -1.21. The summed E-state index contributed by atoms with van der Waals surface area (Å²) < 4.78 is 28.2. The molecular formula is C11H21N3O4S. The van der Waals surface area contributed by atoms with Crippen LogP contribution in [-0.2, 0) is 14.6 Å². The van der Waals surface area contributed by atoms with Crippen LogP contribution in [0.2, 0.25) is 0 Å². The molecular weight excluding hydrogens is 270 g/mol. The Kier molecular flexibility index (Phi) is 4.03. The number of hydrogen-bond acceptors (Lipinski definition) is 5. The Morgan fingerprint density at radius 2 is 2.05 bits per heavy atom. The highest BCUT2D eigenvalue weighted by molar-refractivity contribution is 7.91. The van der Waals surface area contributed by atoms with E-state index < -0.39 is 22.0 Å². The lowest BCUT2D eigenvalue weighted by Crippen LogP contribution is -2.49. The normalized spacial score (nSPS) is 37.5. The number of nitrogens with one attached hydrogen (secondary N) is 1. The topological polar surface area (TPSA) is 102 Å². The third-order valence-electron chi connectivity index (χ3n) is 3.87. The Hall–Kier alpha value is -0.860. The Morgan fingerprint density at radius 1 is 1.37 bits per heavy atom. The van der Waals surface area contributed by atoms with Crippen molar-refractivity contribution in [1.29, 1.82) is 0 Å². The number of nitrogens with zero attached hydrogens (tertiary/aromatic N) is 1. The largest absolute Gasteiger partial charge is 0.378 e. The maximum absolute atomic E-state index is 12.1. The quantitative estimate of drug-likeness (QED) is 0.664. The van der Waals surface area contributed by atoms with E-state index in [9.17, 15) is 13.2 Å². The van der Waals surface area contributed by atoms with Gasteiger partial charge < -0.3 is 20.7 Å². The van der Waals surface area contributed by atoms with Crippen molar-refractivity contribution in [2.24, 2.45) is 11.7 Å². The number of carbonyl (C=O) groups excluding carboxylic acids is 1. The van der Waals surface area contributed by atoms with Crippen LogP contribution in [0.5, 0.6) is 0 Å². The van der Waals surface area contributed by atoms with Crippen LogP contribution in [0.3, 0.4) is 0 Å². The van der Waals surface area contributed by atoms with Crippen molar-refractivity contribution in [3.05, 3.63) is 0 Å². The van der Waals surface area contributed by atoms with Crippen LogP contribution in [0.15, 0.2) is 0 Å². The van der Waals surface area contributed by atoms with Gasteiger partial charge in [-0.05, 0) is 5.92 Å². The third-order valence-corrected chi connectivity index (χ3v) is 5.57. The Labute approximate surface area is 113 Å². The number of nitrogens with two attached hydrogens (primary N) is 1. The first-order valence-electron chi connectivity index (χ1n) is 6.36. The monoisotopic (exact) mass is 291 g/mol. The van der Waals surface area contributed by atoms with E-state index in [0.717, 1.165) is 0 Å². The molecule has 2 amide bonds. The minimum atomic E-state index is -3.13. The summed E-state index contributed by atoms with van der Waals surface area (Å²) in [5.74, 6) is 0.160. The number of hydrogen-bond donors (Lipinski definition) is 2. The Morgan fingerprint density at radius 3 is 2.58 bits per heavy atom. The van der Waals surface area contributed by atoms with Crippen LogP contribution in [0.4, 0.5) is 4.79 Å². The predicted molar refractivity (Wildman–Crippen MR) is 70.5 cm³/mol. The van der Waals surface area contributed by atoms with E-state index in [1.54, 1.807) is 4.90 Å². The molecule has 2 aliphatic heterocycles. The lowest BCUT2D eigenvalue weighted by Gasteiger charge is -2.23. The van der Waals surface area contributed by atoms with E-state index >= 15 is 0 Å². The number of likely N-dealkylation sites (tertiary alicyclic amines) is 1. The van der Waals surface area contributed by atoms with Crippen molar-refractivity contribution in [2.75, 3.05) is 31.7 Å². The molecule has 2 saturated heterocycles. The molecule has 7 nitrogen and oxygen atoms in total. The highest BCUT2D eigenvalue weighted by Crippen LogP contribution is 2.18. The number of rotatable bonds is 2. The lowest BCUT2D eigenvalue weighted by atomic mass is 10.1. The number of urea groups is 1. The fourth-order valence-corrected chi connectivity index (χ4v) is 4.44. The van der Waals surface area contributed by atoms with E-state index in [2.05, 4.69) is 5.32 Å². The molecule has 2 aliphatic rings. The fraction of sp³-hybridized carbons (Fsp3) is 0.909. The summed E-state index contributed by atoms with van der Waals surface area (Å²) >= 11 is 0. The molecule has 19 heavy (non-hydrogen) atoms. The molecule has 0 aromatic rings. The van der Waals surface area contributed by atoms with Crippen LogP contribution >= 0.6 is 0 Å². The average Bonchev–Trinajstić information content (AvgIpc) is 2.79. The average molecular weight is 291 g/mol. The Bertz CT molecular complexity index is 443. The summed E-state index contributed by atoms with van der Waals surface area (Å²) in [6.07, 6.45) is -0.470. The summed E-state index contributed by atoms with van der Waals surface area (Å²) in [5.41, 5.74) is 5.87. The molecule has 4 atom stereocenters. The molecule has 110 valence electrons. The minimum absolute atomic E-state index is 0.0173. The van der Waals surface area contributed by atoms with Crippen molar-refractivity contribution >= 4 is 15.9 Å². The van der Waals surface area contributed by atoms with Gasteiger partial charge in [0.05, 0.1) is 23.7 Å². The van der Waals surface area contributed by atoms with Crippen LogP contribution in [-0.4, -0.2) is 69.2 Å². The molecule has 2 rings (SSSR count). The second kappa shape index (κ2) is 5.26. The molecule has 0 aliphatic carbocycles. The van der Waals surface area contributed by atoms with Crippen molar-refractivity contribution < 1.29 is 17.9 Å². The molecule has 0 radical (unpaired) electrons. The third kappa shape index (κ3) is 3.18. The molecule has 2 fully saturated rings. The highest BCUT2D eigenvalue weighted by Gasteiger charge is 2.40. The highest BCUT2D eigenvalue weighted by atomic mass is 32.2. The van der Waals surface area contributed by atoms with Crippen molar-refractivity contribution in [3.8, 4) is 0 Å². The van der Waals surface area contributed by atoms with E-state index in [4.69, 9.17) is 10.5 Å². The van der Waals surface area contributed by atoms with Gasteiger partial charge in [0.1, 0.15) is 0 Å². The van der Waals surface area contributed by atoms with E-state index in [1.165, 1.54) is 7.11 Å². The number of methoxy groups -OCH3 is 1. The minimum Gasteiger partial charge on any atom is -0.378 e. The van der Waals surface area contributed by atoms with Crippen LogP contribution in [0.25, 0.3) is 0 Å². The lowest BCUT2D eigenvalue weighted by molar-refractivity contribution is 0.0985. The zero-order chi connectivity index (χ0) is 14.2. The maximum atomic E-state index is 12.1. The van der Waals surface area contributed by atoms with Gasteiger partial charge in [-0.1, -0.05) is 6.92 Å². The zero-order valence-electron chi connectivity index (χ0n) is 11.2. The van der Waals surface area contributed by atoms with Gasteiger partial charge >= 0.3 is 6.03 Å². The van der Waals surface area contributed by atoms with Gasteiger partial charge in [-0.25, -0.2) is 13.2 Å². The summed E-state index contributed by atoms with van der Waals surface area (Å²) in [4.78, 5) is 13.7. The SMILES string of the molecule is COC1CS(=O)(=O)CC1NC(=O)N1CC(C)C(N)C1. The first-order chi connectivity index (χ1) is 8.82. The van der Waals surface area contributed by atoms with E-state index in [0.29, 0.717) is 13.1 Å². The summed E-state index contributed by atoms with van der Waals surface area (Å²) in [6.45, 7) is 3.10. The van der Waals surface area contributed by atoms with Gasteiger partial charge in [-0.2, -0.15) is 0 Å². The fourth-order valence-electron chi connectivity index (χ4n) is 2.59. The van der Waals surface area contributed by atoms with Gasteiger partial charge in [0.25, 0.3) is 0 Å². The van der Waals surface area contributed by atoms with Crippen LogP contribution in [0.1, 0.15) is 6.92 Å². The van der Waals surface area contributed by atoms with Gasteiger partial charge in [-0.3, -0.25) is 0 Å². The second-order valence-corrected chi connectivity index (χ2v) is 7.61. The molecule has 0 aromatic heterocycles. The number of sulfone groups is 1. The number of ether oxygens (including phenoxy) is 1. The van der Waals surface area contributed by atoms with Gasteiger partial charge in [0, 0.05) is 26.2 Å². The van der Waals surface area contributed by atoms with Crippen molar-refractivity contribution in [2.45, 2.75) is 25.1 Å². The molecule has 0 saturated carbocycles. The molecule has 3 N–H and O–H groups in total. The molecule has 0 aromatic carbocycles. The molecule has 2 heterocycles. The summed E-state index contributed by atoms with van der Waals surface area (Å²) in [7, 11) is -1.67. The number of amides is 2. The van der Waals surface area contributed by atoms with E-state index in [-0.39, 0.29) is 29.5 Å². The first kappa shape index (κ1) is 14.5. The second-order valence-electron chi connectivity index (χ2n) is 5.45. The Balaban J connectivity index is 1.96. The smallest absolute Gasteiger partial charge is 0.317 e. The maximum Gasteiger partial charge on any atom is 0.317 e. The van der Waals surface area contributed by atoms with Crippen LogP contribution < -0.4 is 11.1 Å². The molecule has 4 unspecified atom stereocenters. The zero-order valence-corrected chi connectivity index (χ0v) is 12.0. The van der Waals surface area contributed by atoms with Gasteiger partial charge in [-0.15, -0.1) is 0 Å². The molecule has 0 spiro atoms. The van der Waals surface area contributed by atoms with Crippen molar-refractivity contribution in [1.82, 2.24) is 10.2 Å².